The van der Waals surface area contributed by atoms with Gasteiger partial charge in [0.1, 0.15) is 5.76 Å². The molecule has 0 aliphatic rings. The molecule has 1 heterocycles. The summed E-state index contributed by atoms with van der Waals surface area (Å²) < 4.78 is 5.54. The molecule has 0 aliphatic carbocycles. The zero-order chi connectivity index (χ0) is 19.2. The molecule has 0 bridgehead atoms. The van der Waals surface area contributed by atoms with E-state index in [9.17, 15) is 4.79 Å². The smallest absolute Gasteiger partial charge is 0.234 e. The molecule has 1 aromatic heterocycles. The van der Waals surface area contributed by atoms with Crippen LogP contribution in [0.1, 0.15) is 35.9 Å². The first-order chi connectivity index (χ1) is 13.0. The summed E-state index contributed by atoms with van der Waals surface area (Å²) in [5.74, 6) is 0.632. The van der Waals surface area contributed by atoms with Crippen molar-refractivity contribution < 1.29 is 9.21 Å². The van der Waals surface area contributed by atoms with E-state index in [1.54, 1.807) is 18.4 Å². The van der Waals surface area contributed by atoms with E-state index in [1.807, 2.05) is 55.5 Å². The van der Waals surface area contributed by atoms with Gasteiger partial charge in [-0.05, 0) is 42.3 Å². The van der Waals surface area contributed by atoms with Gasteiger partial charge in [-0.2, -0.15) is 0 Å². The monoisotopic (exact) mass is 402 g/mol. The highest BCUT2D eigenvalue weighted by molar-refractivity contribution is 6.42. The highest BCUT2D eigenvalue weighted by Gasteiger charge is 2.18. The van der Waals surface area contributed by atoms with Crippen molar-refractivity contribution in [3.8, 4) is 0 Å². The van der Waals surface area contributed by atoms with Crippen LogP contribution in [0.15, 0.2) is 71.3 Å². The zero-order valence-electron chi connectivity index (χ0n) is 14.8. The first-order valence-electron chi connectivity index (χ1n) is 8.60. The van der Waals surface area contributed by atoms with E-state index >= 15 is 0 Å². The number of furan rings is 1. The van der Waals surface area contributed by atoms with Gasteiger partial charge in [0.05, 0.1) is 34.9 Å². The van der Waals surface area contributed by atoms with Crippen molar-refractivity contribution in [3.05, 3.63) is 93.9 Å². The highest BCUT2D eigenvalue weighted by Crippen LogP contribution is 2.25. The Kier molecular flexibility index (Phi) is 6.56. The molecule has 6 heteroatoms. The minimum Gasteiger partial charge on any atom is -0.467 e. The van der Waals surface area contributed by atoms with E-state index in [1.165, 1.54) is 0 Å². The summed E-state index contributed by atoms with van der Waals surface area (Å²) in [4.78, 5) is 12.4. The maximum absolute atomic E-state index is 12.4. The number of amides is 1. The van der Waals surface area contributed by atoms with Crippen molar-refractivity contribution in [2.45, 2.75) is 19.0 Å². The van der Waals surface area contributed by atoms with Crippen LogP contribution >= 0.6 is 23.2 Å². The second kappa shape index (κ2) is 9.09. The molecule has 0 saturated heterocycles. The maximum atomic E-state index is 12.4. The van der Waals surface area contributed by atoms with Gasteiger partial charge in [-0.15, -0.1) is 0 Å². The SMILES string of the molecule is C[C@H](NC(=O)CN[C@H](c1ccccc1)c1ccco1)c1ccc(Cl)c(Cl)c1. The van der Waals surface area contributed by atoms with Gasteiger partial charge in [0.2, 0.25) is 5.91 Å². The number of carbonyl (C=O) groups excluding carboxylic acids is 1. The molecule has 0 saturated carbocycles. The molecule has 2 atom stereocenters. The summed E-state index contributed by atoms with van der Waals surface area (Å²) in [6.45, 7) is 2.05. The number of benzene rings is 2. The van der Waals surface area contributed by atoms with Gasteiger partial charge in [0.25, 0.3) is 0 Å². The molecule has 3 aromatic rings. The minimum absolute atomic E-state index is 0.124. The second-order valence-electron chi connectivity index (χ2n) is 6.20. The van der Waals surface area contributed by atoms with Crippen molar-refractivity contribution in [3.63, 3.8) is 0 Å². The van der Waals surface area contributed by atoms with E-state index in [4.69, 9.17) is 27.6 Å². The number of carbonyl (C=O) groups is 1. The van der Waals surface area contributed by atoms with Crippen LogP contribution in [0.4, 0.5) is 0 Å². The lowest BCUT2D eigenvalue weighted by molar-refractivity contribution is -0.121. The summed E-state index contributed by atoms with van der Waals surface area (Å²) in [5, 5.41) is 7.18. The van der Waals surface area contributed by atoms with Crippen LogP contribution in [0.3, 0.4) is 0 Å². The molecule has 2 aromatic carbocycles. The summed E-state index contributed by atoms with van der Waals surface area (Å²) in [6.07, 6.45) is 1.62. The summed E-state index contributed by atoms with van der Waals surface area (Å²) in [5.41, 5.74) is 1.92. The van der Waals surface area contributed by atoms with Gasteiger partial charge in [-0.25, -0.2) is 0 Å². The Balaban J connectivity index is 1.63. The minimum atomic E-state index is -0.202. The lowest BCUT2D eigenvalue weighted by atomic mass is 10.0. The van der Waals surface area contributed by atoms with Crippen LogP contribution in [0.2, 0.25) is 10.0 Å². The topological polar surface area (TPSA) is 54.3 Å². The van der Waals surface area contributed by atoms with Crippen LogP contribution in [0.25, 0.3) is 0 Å². The molecule has 1 amide bonds. The third-order valence-corrected chi connectivity index (χ3v) is 4.99. The average Bonchev–Trinajstić information content (AvgIpc) is 3.19. The molecule has 27 heavy (non-hydrogen) atoms. The fraction of sp³-hybridized carbons (Fsp3) is 0.190. The fourth-order valence-electron chi connectivity index (χ4n) is 2.84. The number of rotatable bonds is 7. The number of nitrogens with one attached hydrogen (secondary N) is 2. The van der Waals surface area contributed by atoms with Crippen molar-refractivity contribution in [1.29, 1.82) is 0 Å². The van der Waals surface area contributed by atoms with Gasteiger partial charge in [-0.1, -0.05) is 59.6 Å². The molecular weight excluding hydrogens is 383 g/mol. The van der Waals surface area contributed by atoms with Crippen LogP contribution in [0, 0.1) is 0 Å². The molecular formula is C21H20Cl2N2O2. The van der Waals surface area contributed by atoms with Crippen molar-refractivity contribution in [2.24, 2.45) is 0 Å². The average molecular weight is 403 g/mol. The molecule has 0 spiro atoms. The van der Waals surface area contributed by atoms with Gasteiger partial charge in [-0.3, -0.25) is 10.1 Å². The Morgan fingerprint density at radius 3 is 2.44 bits per heavy atom. The number of halogens is 2. The summed E-state index contributed by atoms with van der Waals surface area (Å²) in [6, 6.07) is 18.5. The van der Waals surface area contributed by atoms with E-state index in [-0.39, 0.29) is 24.5 Å². The van der Waals surface area contributed by atoms with Gasteiger partial charge in [0, 0.05) is 0 Å². The van der Waals surface area contributed by atoms with Crippen molar-refractivity contribution in [1.82, 2.24) is 10.6 Å². The van der Waals surface area contributed by atoms with Crippen LogP contribution in [-0.4, -0.2) is 12.5 Å². The maximum Gasteiger partial charge on any atom is 0.234 e. The molecule has 4 nitrogen and oxygen atoms in total. The van der Waals surface area contributed by atoms with E-state index in [0.717, 1.165) is 16.9 Å². The predicted molar refractivity (Wildman–Crippen MR) is 108 cm³/mol. The number of hydrogen-bond donors (Lipinski definition) is 2. The third kappa shape index (κ3) is 5.13. The van der Waals surface area contributed by atoms with Gasteiger partial charge >= 0.3 is 0 Å². The first kappa shape index (κ1) is 19.5. The zero-order valence-corrected chi connectivity index (χ0v) is 16.3. The van der Waals surface area contributed by atoms with Gasteiger partial charge in [0.15, 0.2) is 0 Å². The quantitative estimate of drug-likeness (QED) is 0.574. The fourth-order valence-corrected chi connectivity index (χ4v) is 3.14. The molecule has 2 N–H and O–H groups in total. The van der Waals surface area contributed by atoms with Gasteiger partial charge < -0.3 is 9.73 Å². The highest BCUT2D eigenvalue weighted by atomic mass is 35.5. The molecule has 0 radical (unpaired) electrons. The lowest BCUT2D eigenvalue weighted by Gasteiger charge is -2.19. The molecule has 140 valence electrons. The second-order valence-corrected chi connectivity index (χ2v) is 7.02. The Labute approximate surface area is 168 Å². The first-order valence-corrected chi connectivity index (χ1v) is 9.36. The summed E-state index contributed by atoms with van der Waals surface area (Å²) in [7, 11) is 0. The number of hydrogen-bond acceptors (Lipinski definition) is 3. The van der Waals surface area contributed by atoms with E-state index in [2.05, 4.69) is 10.6 Å². The van der Waals surface area contributed by atoms with Crippen LogP contribution in [0.5, 0.6) is 0 Å². The largest absolute Gasteiger partial charge is 0.467 e. The Morgan fingerprint density at radius 1 is 1.00 bits per heavy atom. The van der Waals surface area contributed by atoms with Crippen LogP contribution < -0.4 is 10.6 Å². The Hall–Kier alpha value is -2.27. The lowest BCUT2D eigenvalue weighted by Crippen LogP contribution is -2.37. The molecule has 3 rings (SSSR count). The standard InChI is InChI=1S/C21H20Cl2N2O2/c1-14(16-9-10-17(22)18(23)12-16)25-20(26)13-24-21(19-8-5-11-27-19)15-6-3-2-4-7-15/h2-12,14,21,24H,13H2,1H3,(H,25,26)/t14-,21+/m0/s1. The Morgan fingerprint density at radius 2 is 1.78 bits per heavy atom. The van der Waals surface area contributed by atoms with Crippen molar-refractivity contribution >= 4 is 29.1 Å². The normalized spacial score (nSPS) is 13.1. The molecule has 0 aliphatic heterocycles. The third-order valence-electron chi connectivity index (χ3n) is 4.25. The summed E-state index contributed by atoms with van der Waals surface area (Å²) >= 11 is 12.0. The van der Waals surface area contributed by atoms with Crippen LogP contribution in [-0.2, 0) is 4.79 Å². The van der Waals surface area contributed by atoms with E-state index in [0.29, 0.717) is 10.0 Å². The van der Waals surface area contributed by atoms with E-state index < -0.39 is 0 Å². The molecule has 0 unspecified atom stereocenters. The predicted octanol–water partition coefficient (Wildman–Crippen LogP) is 5.14. The molecule has 0 fully saturated rings. The van der Waals surface area contributed by atoms with Crippen molar-refractivity contribution in [2.75, 3.05) is 6.54 Å². The Bertz CT molecular complexity index is 882.